The molecule has 5 rings (SSSR count). The van der Waals surface area contributed by atoms with E-state index in [4.69, 9.17) is 9.47 Å². The Morgan fingerprint density at radius 1 is 0.921 bits per heavy atom. The molecule has 2 aliphatic heterocycles. The summed E-state index contributed by atoms with van der Waals surface area (Å²) in [6.45, 7) is 5.52. The number of imide groups is 1. The maximum absolute atomic E-state index is 12.7. The molecule has 2 heterocycles. The molecule has 3 aromatic carbocycles. The molecule has 0 bridgehead atoms. The monoisotopic (exact) mass is 512 g/mol. The summed E-state index contributed by atoms with van der Waals surface area (Å²) in [4.78, 5) is 28.9. The zero-order chi connectivity index (χ0) is 26.6. The Labute approximate surface area is 222 Å². The molecule has 0 aliphatic carbocycles. The van der Waals surface area contributed by atoms with Crippen LogP contribution < -0.4 is 0 Å². The second-order valence-corrected chi connectivity index (χ2v) is 9.84. The number of carbonyl (C=O) groups is 2. The van der Waals surface area contributed by atoms with E-state index >= 15 is 0 Å². The summed E-state index contributed by atoms with van der Waals surface area (Å²) in [5, 5.41) is 9.40. The summed E-state index contributed by atoms with van der Waals surface area (Å²) in [5.41, 5.74) is 4.50. The first-order chi connectivity index (χ1) is 18.5. The van der Waals surface area contributed by atoms with Crippen LogP contribution in [0.4, 0.5) is 0 Å². The summed E-state index contributed by atoms with van der Waals surface area (Å²) >= 11 is 0. The SMILES string of the molecule is C=CCN(C)C[C@H]1C[C@@H](c2ccc(CO)cc2)O[C@@H](c2ccc(CN3C(=O)c4ccccc4C3=O)cc2)O1. The number of rotatable bonds is 9. The number of ether oxygens (including phenoxy) is 2. The second-order valence-electron chi connectivity index (χ2n) is 9.84. The first kappa shape index (κ1) is 26.0. The smallest absolute Gasteiger partial charge is 0.261 e. The normalized spacial score (nSPS) is 21.1. The largest absolute Gasteiger partial charge is 0.392 e. The van der Waals surface area contributed by atoms with Crippen molar-refractivity contribution < 1.29 is 24.2 Å². The zero-order valence-corrected chi connectivity index (χ0v) is 21.5. The van der Waals surface area contributed by atoms with Crippen LogP contribution in [0, 0.1) is 0 Å². The number of hydrogen-bond donors (Lipinski definition) is 1. The average Bonchev–Trinajstić information content (AvgIpc) is 3.18. The Hall–Kier alpha value is -3.62. The lowest BCUT2D eigenvalue weighted by atomic mass is 9.99. The van der Waals surface area contributed by atoms with Crippen molar-refractivity contribution in [1.29, 1.82) is 0 Å². The molecule has 1 fully saturated rings. The quantitative estimate of drug-likeness (QED) is 0.333. The molecule has 0 spiro atoms. The highest BCUT2D eigenvalue weighted by atomic mass is 16.7. The van der Waals surface area contributed by atoms with Gasteiger partial charge in [-0.25, -0.2) is 0 Å². The minimum Gasteiger partial charge on any atom is -0.392 e. The summed E-state index contributed by atoms with van der Waals surface area (Å²) in [7, 11) is 2.04. The molecule has 2 amide bonds. The molecule has 196 valence electrons. The van der Waals surface area contributed by atoms with Crippen molar-refractivity contribution in [3.8, 4) is 0 Å². The van der Waals surface area contributed by atoms with Gasteiger partial charge in [0.05, 0.1) is 36.5 Å². The predicted octanol–water partition coefficient (Wildman–Crippen LogP) is 4.64. The van der Waals surface area contributed by atoms with Gasteiger partial charge in [0.15, 0.2) is 6.29 Å². The number of nitrogens with zero attached hydrogens (tertiary/aromatic N) is 2. The van der Waals surface area contributed by atoms with Crippen molar-refractivity contribution in [3.63, 3.8) is 0 Å². The number of benzene rings is 3. The van der Waals surface area contributed by atoms with Crippen LogP contribution in [0.15, 0.2) is 85.5 Å². The van der Waals surface area contributed by atoms with Crippen molar-refractivity contribution in [3.05, 3.63) is 119 Å². The molecule has 38 heavy (non-hydrogen) atoms. The molecule has 7 nitrogen and oxygen atoms in total. The molecule has 0 radical (unpaired) electrons. The summed E-state index contributed by atoms with van der Waals surface area (Å²) in [6.07, 6.45) is 1.78. The lowest BCUT2D eigenvalue weighted by molar-refractivity contribution is -0.252. The third-order valence-electron chi connectivity index (χ3n) is 7.04. The number of likely N-dealkylation sites (N-methyl/N-ethyl adjacent to an activating group) is 1. The van der Waals surface area contributed by atoms with Crippen LogP contribution in [0.1, 0.15) is 61.8 Å². The van der Waals surface area contributed by atoms with E-state index < -0.39 is 6.29 Å². The summed E-state index contributed by atoms with van der Waals surface area (Å²) in [6, 6.07) is 22.4. The minimum absolute atomic E-state index is 0.000424. The Morgan fingerprint density at radius 3 is 2.13 bits per heavy atom. The van der Waals surface area contributed by atoms with Crippen molar-refractivity contribution in [1.82, 2.24) is 9.80 Å². The number of amides is 2. The van der Waals surface area contributed by atoms with Crippen LogP contribution in [0.2, 0.25) is 0 Å². The average molecular weight is 513 g/mol. The van der Waals surface area contributed by atoms with Gasteiger partial charge in [-0.15, -0.1) is 6.58 Å². The third kappa shape index (κ3) is 5.47. The van der Waals surface area contributed by atoms with Crippen molar-refractivity contribution in [2.24, 2.45) is 0 Å². The van der Waals surface area contributed by atoms with Crippen LogP contribution in [0.3, 0.4) is 0 Å². The van der Waals surface area contributed by atoms with Crippen molar-refractivity contribution >= 4 is 11.8 Å². The molecule has 0 aromatic heterocycles. The fourth-order valence-electron chi connectivity index (χ4n) is 5.02. The van der Waals surface area contributed by atoms with Gasteiger partial charge < -0.3 is 19.5 Å². The van der Waals surface area contributed by atoms with Crippen LogP contribution in [0.25, 0.3) is 0 Å². The Morgan fingerprint density at radius 2 is 1.53 bits per heavy atom. The maximum atomic E-state index is 12.7. The van der Waals surface area contributed by atoms with E-state index in [1.165, 1.54) is 4.90 Å². The molecule has 3 aromatic rings. The standard InChI is InChI=1S/C31H32N2O5/c1-3-16-32(2)19-25-17-28(23-12-10-22(20-34)11-13-23)38-31(37-25)24-14-8-21(9-15-24)18-33-29(35)26-6-4-5-7-27(26)30(33)36/h3-15,25,28,31,34H,1,16-20H2,2H3/t25-,28+,31+/m1/s1. The van der Waals surface area contributed by atoms with Crippen molar-refractivity contribution in [2.45, 2.75) is 38.1 Å². The molecular formula is C31H32N2O5. The van der Waals surface area contributed by atoms with Gasteiger partial charge in [-0.2, -0.15) is 0 Å². The Kier molecular flexibility index (Phi) is 7.81. The van der Waals surface area contributed by atoms with Crippen LogP contribution in [-0.2, 0) is 22.6 Å². The van der Waals surface area contributed by atoms with Gasteiger partial charge in [-0.3, -0.25) is 14.5 Å². The number of hydrogen-bond acceptors (Lipinski definition) is 6. The maximum Gasteiger partial charge on any atom is 0.261 e. The van der Waals surface area contributed by atoms with E-state index in [9.17, 15) is 14.7 Å². The van der Waals surface area contributed by atoms with Gasteiger partial charge in [-0.1, -0.05) is 66.7 Å². The lowest BCUT2D eigenvalue weighted by Gasteiger charge is -2.37. The Balaban J connectivity index is 1.32. The van der Waals surface area contributed by atoms with Gasteiger partial charge in [0.2, 0.25) is 0 Å². The van der Waals surface area contributed by atoms with Crippen molar-refractivity contribution in [2.75, 3.05) is 20.1 Å². The fraction of sp³-hybridized carbons (Fsp3) is 0.290. The lowest BCUT2D eigenvalue weighted by Crippen LogP contribution is -2.37. The molecule has 2 aliphatic rings. The zero-order valence-electron chi connectivity index (χ0n) is 21.5. The molecular weight excluding hydrogens is 480 g/mol. The highest BCUT2D eigenvalue weighted by molar-refractivity contribution is 6.21. The van der Waals surface area contributed by atoms with Gasteiger partial charge in [0.25, 0.3) is 11.8 Å². The van der Waals surface area contributed by atoms with E-state index in [1.807, 2.05) is 61.7 Å². The third-order valence-corrected chi connectivity index (χ3v) is 7.04. The van der Waals surface area contributed by atoms with E-state index in [0.717, 1.165) is 35.3 Å². The number of aliphatic hydroxyl groups excluding tert-OH is 1. The molecule has 0 unspecified atom stereocenters. The van der Waals surface area contributed by atoms with Crippen LogP contribution >= 0.6 is 0 Å². The van der Waals surface area contributed by atoms with Crippen LogP contribution in [-0.4, -0.2) is 53.0 Å². The molecule has 1 N–H and O–H groups in total. The van der Waals surface area contributed by atoms with E-state index in [-0.39, 0.29) is 37.2 Å². The van der Waals surface area contributed by atoms with E-state index in [2.05, 4.69) is 11.5 Å². The van der Waals surface area contributed by atoms with Gasteiger partial charge in [-0.05, 0) is 35.9 Å². The first-order valence-electron chi connectivity index (χ1n) is 12.8. The molecule has 7 heteroatoms. The molecule has 0 saturated carbocycles. The van der Waals surface area contributed by atoms with Gasteiger partial charge >= 0.3 is 0 Å². The van der Waals surface area contributed by atoms with E-state index in [1.54, 1.807) is 24.3 Å². The fourth-order valence-corrected chi connectivity index (χ4v) is 5.02. The highest BCUT2D eigenvalue weighted by Gasteiger charge is 2.35. The predicted molar refractivity (Wildman–Crippen MR) is 143 cm³/mol. The number of fused-ring (bicyclic) bond motifs is 1. The number of carbonyl (C=O) groups excluding carboxylic acids is 2. The Bertz CT molecular complexity index is 1270. The topological polar surface area (TPSA) is 79.3 Å². The molecule has 1 saturated heterocycles. The number of aliphatic hydroxyl groups is 1. The second kappa shape index (κ2) is 11.4. The summed E-state index contributed by atoms with van der Waals surface area (Å²) < 4.78 is 12.8. The first-order valence-corrected chi connectivity index (χ1v) is 12.8. The summed E-state index contributed by atoms with van der Waals surface area (Å²) in [5.74, 6) is -0.537. The van der Waals surface area contributed by atoms with Crippen LogP contribution in [0.5, 0.6) is 0 Å². The van der Waals surface area contributed by atoms with E-state index in [0.29, 0.717) is 17.5 Å². The van der Waals surface area contributed by atoms with Gasteiger partial charge in [0, 0.05) is 25.1 Å². The van der Waals surface area contributed by atoms with Gasteiger partial charge in [0.1, 0.15) is 0 Å². The molecule has 3 atom stereocenters. The highest BCUT2D eigenvalue weighted by Crippen LogP contribution is 2.38. The minimum atomic E-state index is -0.568.